The maximum absolute atomic E-state index is 13.7. The van der Waals surface area contributed by atoms with Gasteiger partial charge in [0, 0.05) is 41.9 Å². The van der Waals surface area contributed by atoms with Crippen LogP contribution in [0.25, 0.3) is 10.9 Å². The molecule has 1 aliphatic carbocycles. The molecule has 6 nitrogen and oxygen atoms in total. The van der Waals surface area contributed by atoms with Gasteiger partial charge in [0.05, 0.1) is 11.3 Å². The second-order valence-electron chi connectivity index (χ2n) is 12.5. The van der Waals surface area contributed by atoms with Gasteiger partial charge < -0.3 is 9.84 Å². The SMILES string of the molecule is CC(C)(C)c1cc(C(=O)Oc2cccc3ccc(C4C(=O)c5c(I)c(I)c(I)c(I)c5C4=O)nc23)cc(C(C)(C)C)c1O. The number of para-hydroxylation sites is 1. The highest BCUT2D eigenvalue weighted by molar-refractivity contribution is 14.1. The lowest BCUT2D eigenvalue weighted by Crippen LogP contribution is -2.20. The maximum Gasteiger partial charge on any atom is 0.343 e. The second-order valence-corrected chi connectivity index (χ2v) is 16.9. The zero-order valence-electron chi connectivity index (χ0n) is 24.2. The Morgan fingerprint density at radius 1 is 0.791 bits per heavy atom. The molecular weight excluding hydrogens is 998 g/mol. The number of aromatic hydroxyl groups is 1. The fraction of sp³-hybridized carbons (Fsp3) is 0.273. The van der Waals surface area contributed by atoms with E-state index < -0.39 is 22.7 Å². The van der Waals surface area contributed by atoms with Crippen LogP contribution in [0.2, 0.25) is 0 Å². The van der Waals surface area contributed by atoms with Gasteiger partial charge in [0.15, 0.2) is 17.3 Å². The molecule has 4 aromatic rings. The molecular formula is C33H27I4NO5. The lowest BCUT2D eigenvalue weighted by atomic mass is 9.78. The van der Waals surface area contributed by atoms with Gasteiger partial charge in [0.1, 0.15) is 17.2 Å². The predicted octanol–water partition coefficient (Wildman–Crippen LogP) is 9.34. The predicted molar refractivity (Wildman–Crippen MR) is 201 cm³/mol. The first-order valence-electron chi connectivity index (χ1n) is 13.4. The highest BCUT2D eigenvalue weighted by Gasteiger charge is 2.44. The second kappa shape index (κ2) is 11.8. The molecule has 222 valence electrons. The summed E-state index contributed by atoms with van der Waals surface area (Å²) in [5.74, 6) is -1.81. The van der Waals surface area contributed by atoms with E-state index >= 15 is 0 Å². The standard InChI is InChI=1S/C33H27I4NO5/c1-32(2,3)16-12-15(13-17(28(16)39)33(4,5)6)31(42)43-19-9-7-8-14-10-11-18(38-27(14)19)20-29(40)21-22(30(20)41)24(35)26(37)25(36)23(21)34/h7-13,20,39H,1-6H3. The number of aromatic nitrogens is 1. The van der Waals surface area contributed by atoms with Crippen molar-refractivity contribution in [3.05, 3.63) is 90.3 Å². The Hall–Kier alpha value is -1.40. The first kappa shape index (κ1) is 33.0. The smallest absolute Gasteiger partial charge is 0.343 e. The van der Waals surface area contributed by atoms with Gasteiger partial charge in [-0.05, 0) is 125 Å². The van der Waals surface area contributed by atoms with Gasteiger partial charge in [-0.1, -0.05) is 59.7 Å². The number of hydrogen-bond donors (Lipinski definition) is 1. The van der Waals surface area contributed by atoms with Crippen molar-refractivity contribution in [3.8, 4) is 11.5 Å². The molecule has 0 fully saturated rings. The van der Waals surface area contributed by atoms with Gasteiger partial charge in [0.2, 0.25) is 0 Å². The van der Waals surface area contributed by atoms with Gasteiger partial charge in [-0.2, -0.15) is 0 Å². The number of hydrogen-bond acceptors (Lipinski definition) is 6. The lowest BCUT2D eigenvalue weighted by Gasteiger charge is -2.28. The Balaban J connectivity index is 1.58. The molecule has 1 aromatic heterocycles. The molecule has 3 aromatic carbocycles. The van der Waals surface area contributed by atoms with Crippen molar-refractivity contribution in [2.24, 2.45) is 0 Å². The van der Waals surface area contributed by atoms with E-state index in [9.17, 15) is 19.5 Å². The molecule has 0 saturated heterocycles. The first-order valence-corrected chi connectivity index (χ1v) is 17.7. The number of ketones is 2. The van der Waals surface area contributed by atoms with Crippen LogP contribution in [0.1, 0.15) is 95.4 Å². The summed E-state index contributed by atoms with van der Waals surface area (Å²) in [6.07, 6.45) is 0. The molecule has 0 unspecified atom stereocenters. The Morgan fingerprint density at radius 2 is 1.30 bits per heavy atom. The minimum atomic E-state index is -1.07. The number of fused-ring (bicyclic) bond motifs is 2. The third-order valence-corrected chi connectivity index (χ3v) is 14.9. The monoisotopic (exact) mass is 1020 g/mol. The fourth-order valence-electron chi connectivity index (χ4n) is 5.20. The average molecular weight is 1030 g/mol. The van der Waals surface area contributed by atoms with Crippen LogP contribution in [0, 0.1) is 14.3 Å². The van der Waals surface area contributed by atoms with Crippen molar-refractivity contribution in [3.63, 3.8) is 0 Å². The number of carbonyl (C=O) groups is 3. The van der Waals surface area contributed by atoms with Crippen LogP contribution in [0.5, 0.6) is 11.5 Å². The van der Waals surface area contributed by atoms with Crippen molar-refractivity contribution in [1.29, 1.82) is 0 Å². The van der Waals surface area contributed by atoms with Crippen molar-refractivity contribution < 1.29 is 24.2 Å². The topological polar surface area (TPSA) is 93.6 Å². The number of nitrogens with zero attached hydrogens (tertiary/aromatic N) is 1. The van der Waals surface area contributed by atoms with Gasteiger partial charge in [-0.15, -0.1) is 0 Å². The number of esters is 1. The van der Waals surface area contributed by atoms with Crippen molar-refractivity contribution >= 4 is 119 Å². The van der Waals surface area contributed by atoms with Crippen molar-refractivity contribution in [1.82, 2.24) is 4.98 Å². The van der Waals surface area contributed by atoms with Crippen LogP contribution in [-0.4, -0.2) is 27.6 Å². The Bertz CT molecular complexity index is 1800. The van der Waals surface area contributed by atoms with Crippen LogP contribution in [0.15, 0.2) is 42.5 Å². The van der Waals surface area contributed by atoms with E-state index in [4.69, 9.17) is 9.72 Å². The molecule has 1 heterocycles. The summed E-state index contributed by atoms with van der Waals surface area (Å²) in [4.78, 5) is 45.8. The largest absolute Gasteiger partial charge is 0.507 e. The first-order chi connectivity index (χ1) is 19.9. The van der Waals surface area contributed by atoms with Crippen molar-refractivity contribution in [2.45, 2.75) is 58.3 Å². The molecule has 43 heavy (non-hydrogen) atoms. The maximum atomic E-state index is 13.7. The Kier molecular flexibility index (Phi) is 9.01. The Morgan fingerprint density at radius 3 is 1.79 bits per heavy atom. The van der Waals surface area contributed by atoms with E-state index in [2.05, 4.69) is 90.4 Å². The summed E-state index contributed by atoms with van der Waals surface area (Å²) >= 11 is 8.70. The molecule has 0 aliphatic heterocycles. The van der Waals surface area contributed by atoms with Crippen molar-refractivity contribution in [2.75, 3.05) is 0 Å². The summed E-state index contributed by atoms with van der Waals surface area (Å²) in [7, 11) is 0. The minimum absolute atomic E-state index is 0.175. The Labute approximate surface area is 304 Å². The number of phenolic OH excluding ortho intramolecular Hbond substituents is 1. The molecule has 0 spiro atoms. The van der Waals surface area contributed by atoms with Crippen LogP contribution in [0.3, 0.4) is 0 Å². The molecule has 10 heteroatoms. The van der Waals surface area contributed by atoms with Crippen LogP contribution in [-0.2, 0) is 10.8 Å². The highest BCUT2D eigenvalue weighted by Crippen LogP contribution is 2.43. The number of halogens is 4. The van der Waals surface area contributed by atoms with E-state index in [0.29, 0.717) is 44.4 Å². The van der Waals surface area contributed by atoms with Gasteiger partial charge in [0.25, 0.3) is 0 Å². The zero-order valence-corrected chi connectivity index (χ0v) is 32.8. The zero-order chi connectivity index (χ0) is 31.8. The number of carbonyl (C=O) groups excluding carboxylic acids is 3. The summed E-state index contributed by atoms with van der Waals surface area (Å²) in [5, 5.41) is 11.8. The third-order valence-electron chi connectivity index (χ3n) is 7.45. The quantitative estimate of drug-likeness (QED) is 0.0550. The normalized spacial score (nSPS) is 14.0. The number of pyridine rings is 1. The van der Waals surface area contributed by atoms with E-state index in [1.165, 1.54) is 0 Å². The summed E-state index contributed by atoms with van der Waals surface area (Å²) in [5.41, 5.74) is 2.36. The summed E-state index contributed by atoms with van der Waals surface area (Å²) in [6, 6.07) is 12.1. The van der Waals surface area contributed by atoms with E-state index in [0.717, 1.165) is 14.3 Å². The molecule has 0 saturated carbocycles. The minimum Gasteiger partial charge on any atom is -0.507 e. The van der Waals surface area contributed by atoms with E-state index in [1.807, 2.05) is 47.6 Å². The van der Waals surface area contributed by atoms with Gasteiger partial charge >= 0.3 is 5.97 Å². The molecule has 5 rings (SSSR count). The number of phenols is 1. The molecule has 1 aliphatic rings. The van der Waals surface area contributed by atoms with Gasteiger partial charge in [-0.3, -0.25) is 9.59 Å². The average Bonchev–Trinajstić information content (AvgIpc) is 3.19. The summed E-state index contributed by atoms with van der Waals surface area (Å²) in [6.45, 7) is 11.9. The molecule has 0 radical (unpaired) electrons. The molecule has 0 atom stereocenters. The van der Waals surface area contributed by atoms with Crippen LogP contribution < -0.4 is 4.74 Å². The van der Waals surface area contributed by atoms with Crippen LogP contribution >= 0.6 is 90.4 Å². The number of rotatable bonds is 3. The van der Waals surface area contributed by atoms with Gasteiger partial charge in [-0.25, -0.2) is 9.78 Å². The fourth-order valence-corrected chi connectivity index (χ4v) is 8.92. The third kappa shape index (κ3) is 5.86. The van der Waals surface area contributed by atoms with Crippen LogP contribution in [0.4, 0.5) is 0 Å². The lowest BCUT2D eigenvalue weighted by molar-refractivity contribution is 0.0735. The number of benzene rings is 3. The summed E-state index contributed by atoms with van der Waals surface area (Å²) < 4.78 is 9.37. The molecule has 1 N–H and O–H groups in total. The van der Waals surface area contributed by atoms with E-state index in [-0.39, 0.29) is 23.1 Å². The number of Topliss-reactive ketones (excluding diaryl/α,β-unsaturated/α-hetero) is 2. The van der Waals surface area contributed by atoms with E-state index in [1.54, 1.807) is 36.4 Å². The number of ether oxygens (including phenoxy) is 1. The molecule has 0 amide bonds. The molecule has 0 bridgehead atoms. The highest BCUT2D eigenvalue weighted by atomic mass is 127.